The van der Waals surface area contributed by atoms with Crippen LogP contribution in [0.15, 0.2) is 33.9 Å². The molecule has 0 aliphatic rings. The van der Waals surface area contributed by atoms with E-state index >= 15 is 0 Å². The molecule has 4 N–H and O–H groups in total. The molecule has 10 heteroatoms. The maximum atomic E-state index is 12.2. The first kappa shape index (κ1) is 16.0. The van der Waals surface area contributed by atoms with Gasteiger partial charge in [0, 0.05) is 16.9 Å². The van der Waals surface area contributed by atoms with Gasteiger partial charge < -0.3 is 5.43 Å². The zero-order valence-corrected chi connectivity index (χ0v) is 13.9. The zero-order chi connectivity index (χ0) is 15.6. The minimum absolute atomic E-state index is 0.0890. The van der Waals surface area contributed by atoms with Gasteiger partial charge in [-0.2, -0.15) is 0 Å². The van der Waals surface area contributed by atoms with Crippen LogP contribution in [0.3, 0.4) is 0 Å². The second-order valence-corrected chi connectivity index (χ2v) is 7.01. The minimum Gasteiger partial charge on any atom is -0.307 e. The highest BCUT2D eigenvalue weighted by molar-refractivity contribution is 9.10. The summed E-state index contributed by atoms with van der Waals surface area (Å²) in [7, 11) is -3.83. The monoisotopic (exact) mass is 391 g/mol. The number of nitrogens with zero attached hydrogens (tertiary/aromatic N) is 2. The largest absolute Gasteiger partial charge is 0.307 e. The maximum absolute atomic E-state index is 12.2. The fraction of sp³-hybridized carbons (Fsp3) is 0.0909. The predicted octanol–water partition coefficient (Wildman–Crippen LogP) is 2.29. The lowest BCUT2D eigenvalue weighted by Gasteiger charge is -2.09. The van der Waals surface area contributed by atoms with Gasteiger partial charge in [-0.15, -0.1) is 0 Å². The van der Waals surface area contributed by atoms with E-state index in [1.54, 1.807) is 6.07 Å². The third-order valence-electron chi connectivity index (χ3n) is 2.55. The first-order chi connectivity index (χ1) is 9.83. The van der Waals surface area contributed by atoms with E-state index in [9.17, 15) is 8.42 Å². The van der Waals surface area contributed by atoms with E-state index in [1.165, 1.54) is 12.3 Å². The number of aromatic nitrogens is 2. The van der Waals surface area contributed by atoms with Crippen LogP contribution >= 0.6 is 27.5 Å². The standard InChI is InChI=1S/C11H11BrClN5O2S/c1-6-2-10(15-5-8(6)12)18-21(19,20)7-3-9(13)11(17-14)16-4-7/h2-5H,14H2,1H3,(H,15,18)(H,16,17). The molecule has 7 nitrogen and oxygen atoms in total. The van der Waals surface area contributed by atoms with Crippen LogP contribution in [0.5, 0.6) is 0 Å². The Kier molecular flexibility index (Phi) is 4.67. The number of anilines is 2. The van der Waals surface area contributed by atoms with Crippen LogP contribution in [0.1, 0.15) is 5.56 Å². The molecule has 0 saturated carbocycles. The van der Waals surface area contributed by atoms with Gasteiger partial charge in [-0.1, -0.05) is 11.6 Å². The molecular weight excluding hydrogens is 382 g/mol. The second kappa shape index (κ2) is 6.14. The van der Waals surface area contributed by atoms with Gasteiger partial charge in [-0.25, -0.2) is 24.2 Å². The highest BCUT2D eigenvalue weighted by atomic mass is 79.9. The van der Waals surface area contributed by atoms with E-state index in [1.807, 2.05) is 6.92 Å². The van der Waals surface area contributed by atoms with Crippen molar-refractivity contribution in [2.75, 3.05) is 10.1 Å². The number of halogens is 2. The van der Waals surface area contributed by atoms with Gasteiger partial charge in [-0.05, 0) is 40.5 Å². The summed E-state index contributed by atoms with van der Waals surface area (Å²) < 4.78 is 27.6. The third kappa shape index (κ3) is 3.62. The fourth-order valence-corrected chi connectivity index (χ4v) is 2.94. The van der Waals surface area contributed by atoms with E-state index in [0.29, 0.717) is 0 Å². The molecule has 0 saturated heterocycles. The summed E-state index contributed by atoms with van der Waals surface area (Å²) in [5, 5.41) is 0.0975. The summed E-state index contributed by atoms with van der Waals surface area (Å²) in [5.74, 6) is 5.58. The highest BCUT2D eigenvalue weighted by Crippen LogP contribution is 2.24. The number of nitrogen functional groups attached to an aromatic ring is 1. The van der Waals surface area contributed by atoms with Crippen LogP contribution in [-0.2, 0) is 10.0 Å². The number of hydrogen-bond acceptors (Lipinski definition) is 6. The van der Waals surface area contributed by atoms with Crippen molar-refractivity contribution in [2.45, 2.75) is 11.8 Å². The topological polar surface area (TPSA) is 110 Å². The van der Waals surface area contributed by atoms with E-state index in [4.69, 9.17) is 17.4 Å². The summed E-state index contributed by atoms with van der Waals surface area (Å²) in [6, 6.07) is 2.85. The number of nitrogens with one attached hydrogen (secondary N) is 2. The lowest BCUT2D eigenvalue weighted by molar-refractivity contribution is 0.600. The Morgan fingerprint density at radius 2 is 2.00 bits per heavy atom. The van der Waals surface area contributed by atoms with Crippen LogP contribution in [0, 0.1) is 6.92 Å². The molecule has 0 fully saturated rings. The van der Waals surface area contributed by atoms with Crippen LogP contribution in [0.4, 0.5) is 11.6 Å². The van der Waals surface area contributed by atoms with Gasteiger partial charge in [0.25, 0.3) is 10.0 Å². The van der Waals surface area contributed by atoms with Crippen molar-refractivity contribution in [1.29, 1.82) is 0 Å². The van der Waals surface area contributed by atoms with Crippen LogP contribution in [0.25, 0.3) is 0 Å². The van der Waals surface area contributed by atoms with E-state index < -0.39 is 10.0 Å². The first-order valence-electron chi connectivity index (χ1n) is 5.60. The number of pyridine rings is 2. The van der Waals surface area contributed by atoms with Gasteiger partial charge in [0.2, 0.25) is 0 Å². The van der Waals surface area contributed by atoms with Gasteiger partial charge in [0.15, 0.2) is 5.82 Å². The van der Waals surface area contributed by atoms with Gasteiger partial charge >= 0.3 is 0 Å². The lowest BCUT2D eigenvalue weighted by Crippen LogP contribution is -2.15. The number of aryl methyl sites for hydroxylation is 1. The molecule has 0 amide bonds. The predicted molar refractivity (Wildman–Crippen MR) is 84.5 cm³/mol. The first-order valence-corrected chi connectivity index (χ1v) is 8.26. The molecule has 0 aliphatic heterocycles. The van der Waals surface area contributed by atoms with E-state index in [2.05, 4.69) is 36.0 Å². The molecule has 2 aromatic rings. The number of hydrazine groups is 1. The molecule has 0 spiro atoms. The normalized spacial score (nSPS) is 11.2. The van der Waals surface area contributed by atoms with E-state index in [0.717, 1.165) is 16.2 Å². The Balaban J connectivity index is 2.33. The van der Waals surface area contributed by atoms with Crippen molar-refractivity contribution in [3.8, 4) is 0 Å². The van der Waals surface area contributed by atoms with Gasteiger partial charge in [0.05, 0.1) is 5.02 Å². The summed E-state index contributed by atoms with van der Waals surface area (Å²) in [6.07, 6.45) is 2.66. The smallest absolute Gasteiger partial charge is 0.264 e. The third-order valence-corrected chi connectivity index (χ3v) is 4.99. The van der Waals surface area contributed by atoms with Crippen molar-refractivity contribution in [3.05, 3.63) is 39.6 Å². The molecule has 2 aromatic heterocycles. The van der Waals surface area contributed by atoms with Crippen LogP contribution < -0.4 is 16.0 Å². The number of rotatable bonds is 4. The van der Waals surface area contributed by atoms with Crippen LogP contribution in [-0.4, -0.2) is 18.4 Å². The molecule has 0 bridgehead atoms. The Morgan fingerprint density at radius 1 is 1.29 bits per heavy atom. The Labute approximate surface area is 135 Å². The zero-order valence-electron chi connectivity index (χ0n) is 10.8. The fourth-order valence-electron chi connectivity index (χ4n) is 1.47. The molecule has 2 rings (SSSR count). The number of sulfonamides is 1. The SMILES string of the molecule is Cc1cc(NS(=O)(=O)c2cnc(NN)c(Cl)c2)ncc1Br. The lowest BCUT2D eigenvalue weighted by atomic mass is 10.3. The number of hydrogen-bond donors (Lipinski definition) is 3. The molecule has 112 valence electrons. The molecule has 2 heterocycles. The highest BCUT2D eigenvalue weighted by Gasteiger charge is 2.17. The summed E-state index contributed by atoms with van der Waals surface area (Å²) in [4.78, 5) is 7.72. The van der Waals surface area contributed by atoms with Gasteiger partial charge in [-0.3, -0.25) is 4.72 Å². The van der Waals surface area contributed by atoms with E-state index in [-0.39, 0.29) is 21.6 Å². The molecule has 0 atom stereocenters. The van der Waals surface area contributed by atoms with Crippen molar-refractivity contribution in [1.82, 2.24) is 9.97 Å². The van der Waals surface area contributed by atoms with Crippen LogP contribution in [0.2, 0.25) is 5.02 Å². The minimum atomic E-state index is -3.83. The Bertz CT molecular complexity index is 784. The molecular formula is C11H11BrClN5O2S. The quantitative estimate of drug-likeness (QED) is 0.544. The summed E-state index contributed by atoms with van der Waals surface area (Å²) in [6.45, 7) is 1.82. The summed E-state index contributed by atoms with van der Waals surface area (Å²) in [5.41, 5.74) is 3.11. The Morgan fingerprint density at radius 3 is 2.57 bits per heavy atom. The van der Waals surface area contributed by atoms with Crippen molar-refractivity contribution in [3.63, 3.8) is 0 Å². The molecule has 0 unspecified atom stereocenters. The summed E-state index contributed by atoms with van der Waals surface area (Å²) >= 11 is 9.16. The average molecular weight is 393 g/mol. The van der Waals surface area contributed by atoms with Gasteiger partial charge in [0.1, 0.15) is 10.7 Å². The molecule has 0 aromatic carbocycles. The molecule has 0 aliphatic carbocycles. The second-order valence-electron chi connectivity index (χ2n) is 4.07. The van der Waals surface area contributed by atoms with Crippen molar-refractivity contribution in [2.24, 2.45) is 5.84 Å². The molecule has 21 heavy (non-hydrogen) atoms. The maximum Gasteiger partial charge on any atom is 0.264 e. The molecule has 0 radical (unpaired) electrons. The average Bonchev–Trinajstić information content (AvgIpc) is 2.42. The van der Waals surface area contributed by atoms with Crippen molar-refractivity contribution < 1.29 is 8.42 Å². The number of nitrogens with two attached hydrogens (primary N) is 1. The Hall–Kier alpha value is -1.42. The van der Waals surface area contributed by atoms with Crippen molar-refractivity contribution >= 4 is 49.2 Å².